The molecule has 5 N–H and O–H groups in total. The van der Waals surface area contributed by atoms with Crippen LogP contribution in [0.2, 0.25) is 0 Å². The monoisotopic (exact) mass is 421 g/mol. The van der Waals surface area contributed by atoms with Crippen molar-refractivity contribution >= 4 is 28.0 Å². The molecule has 0 saturated carbocycles. The van der Waals surface area contributed by atoms with E-state index in [1.807, 2.05) is 4.72 Å². The second kappa shape index (κ2) is 8.86. The summed E-state index contributed by atoms with van der Waals surface area (Å²) in [7, 11) is -4.23. The molecule has 0 aliphatic heterocycles. The third-order valence-electron chi connectivity index (χ3n) is 3.78. The lowest BCUT2D eigenvalue weighted by Crippen LogP contribution is -2.42. The molecular weight excluding hydrogens is 398 g/mol. The minimum atomic E-state index is -4.23. The van der Waals surface area contributed by atoms with Gasteiger partial charge in [0.25, 0.3) is 15.9 Å². The summed E-state index contributed by atoms with van der Waals surface area (Å²) in [5.74, 6) is -0.964. The van der Waals surface area contributed by atoms with Gasteiger partial charge >= 0.3 is 6.09 Å². The van der Waals surface area contributed by atoms with Gasteiger partial charge < -0.3 is 16.2 Å². The third-order valence-corrected chi connectivity index (χ3v) is 5.13. The summed E-state index contributed by atoms with van der Waals surface area (Å²) >= 11 is 0. The maximum absolute atomic E-state index is 12.7. The predicted octanol–water partition coefficient (Wildman–Crippen LogP) is 1.35. The van der Waals surface area contributed by atoms with Gasteiger partial charge in [0.2, 0.25) is 5.95 Å². The molecule has 0 aliphatic carbocycles. The molecule has 2 rings (SSSR count). The van der Waals surface area contributed by atoms with Crippen LogP contribution in [-0.2, 0) is 19.6 Å². The van der Waals surface area contributed by atoms with Gasteiger partial charge in [0.05, 0.1) is 10.6 Å². The fourth-order valence-corrected chi connectivity index (χ4v) is 3.65. The standard InChI is InChI=1S/C18H23N5O5S/c1-10(2)7-15(28-18(20)25)16(24)23-29(26,27)13-6-4-5-12(9-13)14-8-11(3)21-17(19)22-14/h4-6,8-10,15H,7H2,1-3H3,(H2,20,25)(H,23,24)(H2,19,21,22). The number of hydrogen-bond acceptors (Lipinski definition) is 8. The Hall–Kier alpha value is -3.21. The minimum absolute atomic E-state index is 0.0393. The second-order valence-corrected chi connectivity index (χ2v) is 8.49. The molecule has 2 amide bonds. The van der Waals surface area contributed by atoms with Crippen molar-refractivity contribution in [2.45, 2.75) is 38.2 Å². The van der Waals surface area contributed by atoms with Crippen molar-refractivity contribution in [1.82, 2.24) is 14.7 Å². The molecule has 156 valence electrons. The Morgan fingerprint density at radius 2 is 1.90 bits per heavy atom. The number of aryl methyl sites for hydroxylation is 1. The fourth-order valence-electron chi connectivity index (χ4n) is 2.60. The van der Waals surface area contributed by atoms with E-state index in [1.165, 1.54) is 18.2 Å². The van der Waals surface area contributed by atoms with E-state index in [1.54, 1.807) is 32.9 Å². The molecule has 1 unspecified atom stereocenters. The maximum atomic E-state index is 12.7. The summed E-state index contributed by atoms with van der Waals surface area (Å²) in [6.07, 6.45) is -2.37. The number of nitrogens with two attached hydrogens (primary N) is 2. The Kier molecular flexibility index (Phi) is 6.75. The van der Waals surface area contributed by atoms with Crippen LogP contribution in [0.5, 0.6) is 0 Å². The van der Waals surface area contributed by atoms with Crippen molar-refractivity contribution in [1.29, 1.82) is 0 Å². The van der Waals surface area contributed by atoms with E-state index in [0.717, 1.165) is 0 Å². The maximum Gasteiger partial charge on any atom is 0.405 e. The molecule has 0 radical (unpaired) electrons. The van der Waals surface area contributed by atoms with Gasteiger partial charge in [0, 0.05) is 11.3 Å². The lowest BCUT2D eigenvalue weighted by Gasteiger charge is -2.18. The summed E-state index contributed by atoms with van der Waals surface area (Å²) in [4.78, 5) is 31.3. The van der Waals surface area contributed by atoms with Crippen molar-refractivity contribution in [3.63, 3.8) is 0 Å². The number of carbonyl (C=O) groups excluding carboxylic acids is 2. The van der Waals surface area contributed by atoms with E-state index in [0.29, 0.717) is 17.0 Å². The first-order chi connectivity index (χ1) is 13.5. The van der Waals surface area contributed by atoms with Crippen LogP contribution in [0.1, 0.15) is 26.0 Å². The van der Waals surface area contributed by atoms with Crippen molar-refractivity contribution < 1.29 is 22.7 Å². The largest absolute Gasteiger partial charge is 0.436 e. The van der Waals surface area contributed by atoms with Gasteiger partial charge in [-0.25, -0.2) is 27.9 Å². The smallest absolute Gasteiger partial charge is 0.405 e. The molecule has 2 aromatic rings. The van der Waals surface area contributed by atoms with Gasteiger partial charge in [0.15, 0.2) is 6.10 Å². The molecule has 0 saturated heterocycles. The number of ether oxygens (including phenoxy) is 1. The molecule has 11 heteroatoms. The SMILES string of the molecule is Cc1cc(-c2cccc(S(=O)(=O)NC(=O)C(CC(C)C)OC(N)=O)c2)nc(N)n1. The van der Waals surface area contributed by atoms with Crippen LogP contribution >= 0.6 is 0 Å². The van der Waals surface area contributed by atoms with Crippen molar-refractivity contribution in [2.24, 2.45) is 11.7 Å². The van der Waals surface area contributed by atoms with Crippen LogP contribution in [0, 0.1) is 12.8 Å². The van der Waals surface area contributed by atoms with Gasteiger partial charge in [-0.2, -0.15) is 0 Å². The number of amides is 2. The van der Waals surface area contributed by atoms with Crippen molar-refractivity contribution in [3.8, 4) is 11.3 Å². The Bertz CT molecular complexity index is 1000. The van der Waals surface area contributed by atoms with Gasteiger partial charge in [-0.1, -0.05) is 26.0 Å². The van der Waals surface area contributed by atoms with E-state index in [4.69, 9.17) is 16.2 Å². The first kappa shape index (κ1) is 22.1. The third kappa shape index (κ3) is 6.14. The van der Waals surface area contributed by atoms with Gasteiger partial charge in [-0.3, -0.25) is 4.79 Å². The summed E-state index contributed by atoms with van der Waals surface area (Å²) in [5.41, 5.74) is 12.2. The summed E-state index contributed by atoms with van der Waals surface area (Å²) in [6.45, 7) is 5.31. The number of primary amides is 1. The molecule has 0 spiro atoms. The number of aromatic nitrogens is 2. The van der Waals surface area contributed by atoms with Crippen LogP contribution in [0.4, 0.5) is 10.7 Å². The fraction of sp³-hybridized carbons (Fsp3) is 0.333. The molecule has 29 heavy (non-hydrogen) atoms. The van der Waals surface area contributed by atoms with E-state index >= 15 is 0 Å². The molecule has 1 aromatic carbocycles. The number of hydrogen-bond donors (Lipinski definition) is 3. The number of nitrogens with one attached hydrogen (secondary N) is 1. The van der Waals surface area contributed by atoms with Crippen LogP contribution in [-0.4, -0.2) is 36.5 Å². The van der Waals surface area contributed by atoms with Crippen LogP contribution < -0.4 is 16.2 Å². The van der Waals surface area contributed by atoms with Crippen molar-refractivity contribution in [3.05, 3.63) is 36.0 Å². The Morgan fingerprint density at radius 1 is 1.21 bits per heavy atom. The second-order valence-electron chi connectivity index (χ2n) is 6.81. The molecule has 0 aliphatic rings. The zero-order valence-corrected chi connectivity index (χ0v) is 17.1. The number of sulfonamides is 1. The van der Waals surface area contributed by atoms with Crippen LogP contribution in [0.3, 0.4) is 0 Å². The number of carbonyl (C=O) groups is 2. The summed E-state index contributed by atoms with van der Waals surface area (Å²) < 4.78 is 32.0. The molecule has 1 atom stereocenters. The van der Waals surface area contributed by atoms with Crippen LogP contribution in [0.15, 0.2) is 35.2 Å². The lowest BCUT2D eigenvalue weighted by molar-refractivity contribution is -0.128. The normalized spacial score (nSPS) is 12.4. The highest BCUT2D eigenvalue weighted by Crippen LogP contribution is 2.22. The quantitative estimate of drug-likeness (QED) is 0.602. The predicted molar refractivity (Wildman–Crippen MR) is 106 cm³/mol. The molecule has 1 heterocycles. The average molecular weight is 421 g/mol. The first-order valence-corrected chi connectivity index (χ1v) is 10.2. The first-order valence-electron chi connectivity index (χ1n) is 8.72. The zero-order chi connectivity index (χ0) is 21.8. The van der Waals surface area contributed by atoms with E-state index in [9.17, 15) is 18.0 Å². The highest BCUT2D eigenvalue weighted by atomic mass is 32.2. The average Bonchev–Trinajstić information content (AvgIpc) is 2.59. The number of nitrogen functional groups attached to an aromatic ring is 1. The van der Waals surface area contributed by atoms with E-state index in [2.05, 4.69) is 9.97 Å². The molecule has 0 bridgehead atoms. The highest BCUT2D eigenvalue weighted by molar-refractivity contribution is 7.90. The highest BCUT2D eigenvalue weighted by Gasteiger charge is 2.28. The topological polar surface area (TPSA) is 167 Å². The van der Waals surface area contributed by atoms with E-state index in [-0.39, 0.29) is 23.2 Å². The van der Waals surface area contributed by atoms with Crippen molar-refractivity contribution in [2.75, 3.05) is 5.73 Å². The summed E-state index contributed by atoms with van der Waals surface area (Å²) in [6, 6.07) is 7.49. The number of benzene rings is 1. The number of anilines is 1. The lowest BCUT2D eigenvalue weighted by atomic mass is 10.1. The zero-order valence-electron chi connectivity index (χ0n) is 16.2. The minimum Gasteiger partial charge on any atom is -0.436 e. The summed E-state index contributed by atoms with van der Waals surface area (Å²) in [5, 5.41) is 0. The number of rotatable bonds is 7. The molecule has 0 fully saturated rings. The molecule has 1 aromatic heterocycles. The Labute approximate surface area is 168 Å². The Morgan fingerprint density at radius 3 is 2.48 bits per heavy atom. The molecular formula is C18H23N5O5S. The van der Waals surface area contributed by atoms with E-state index < -0.39 is 28.1 Å². The molecule has 10 nitrogen and oxygen atoms in total. The van der Waals surface area contributed by atoms with Gasteiger partial charge in [-0.05, 0) is 37.5 Å². The Balaban J connectivity index is 2.30. The van der Waals surface area contributed by atoms with Gasteiger partial charge in [-0.15, -0.1) is 0 Å². The van der Waals surface area contributed by atoms with Gasteiger partial charge in [0.1, 0.15) is 0 Å². The number of nitrogens with zero attached hydrogens (tertiary/aromatic N) is 2. The van der Waals surface area contributed by atoms with Crippen LogP contribution in [0.25, 0.3) is 11.3 Å².